The monoisotopic (exact) mass is 316 g/mol. The highest BCUT2D eigenvalue weighted by atomic mass is 16.5. The van der Waals surface area contributed by atoms with Gasteiger partial charge in [-0.15, -0.1) is 0 Å². The Morgan fingerprint density at radius 1 is 0.958 bits per heavy atom. The van der Waals surface area contributed by atoms with Crippen LogP contribution < -0.4 is 9.47 Å². The van der Waals surface area contributed by atoms with Crippen molar-refractivity contribution in [3.05, 3.63) is 77.4 Å². The number of hydrogen-bond donors (Lipinski definition) is 0. The van der Waals surface area contributed by atoms with Crippen molar-refractivity contribution in [1.82, 2.24) is 0 Å². The fraction of sp³-hybridized carbons (Fsp3) is 0.0952. The first kappa shape index (κ1) is 14.5. The lowest BCUT2D eigenvalue weighted by Gasteiger charge is -2.13. The van der Waals surface area contributed by atoms with Crippen molar-refractivity contribution in [2.45, 2.75) is 6.92 Å². The predicted molar refractivity (Wildman–Crippen MR) is 94.4 cm³/mol. The maximum absolute atomic E-state index is 12.3. The van der Waals surface area contributed by atoms with E-state index in [-0.39, 0.29) is 5.97 Å². The third-order valence-electron chi connectivity index (χ3n) is 4.31. The van der Waals surface area contributed by atoms with E-state index in [9.17, 15) is 4.79 Å². The first-order valence-electron chi connectivity index (χ1n) is 7.78. The van der Waals surface area contributed by atoms with E-state index in [0.29, 0.717) is 5.75 Å². The van der Waals surface area contributed by atoms with Crippen molar-refractivity contribution < 1.29 is 14.3 Å². The summed E-state index contributed by atoms with van der Waals surface area (Å²) in [4.78, 5) is 12.3. The van der Waals surface area contributed by atoms with Crippen LogP contribution in [0, 0.1) is 6.92 Å². The molecule has 0 unspecified atom stereocenters. The summed E-state index contributed by atoms with van der Waals surface area (Å²) in [7, 11) is 1.64. The molecule has 1 aliphatic heterocycles. The van der Waals surface area contributed by atoms with Gasteiger partial charge < -0.3 is 9.47 Å². The smallest absolute Gasteiger partial charge is 0.336 e. The van der Waals surface area contributed by atoms with Gasteiger partial charge in [0.1, 0.15) is 11.5 Å². The van der Waals surface area contributed by atoms with Crippen molar-refractivity contribution >= 4 is 22.3 Å². The molecule has 0 N–H and O–H groups in total. The molecule has 3 aromatic carbocycles. The lowest BCUT2D eigenvalue weighted by Crippen LogP contribution is -2.03. The largest absolute Gasteiger partial charge is 0.496 e. The topological polar surface area (TPSA) is 35.5 Å². The maximum Gasteiger partial charge on any atom is 0.336 e. The van der Waals surface area contributed by atoms with Crippen LogP contribution in [-0.4, -0.2) is 13.1 Å². The van der Waals surface area contributed by atoms with Crippen LogP contribution in [0.15, 0.2) is 60.7 Å². The molecule has 0 bridgehead atoms. The van der Waals surface area contributed by atoms with Crippen molar-refractivity contribution in [2.75, 3.05) is 7.11 Å². The highest BCUT2D eigenvalue weighted by molar-refractivity contribution is 6.10. The lowest BCUT2D eigenvalue weighted by molar-refractivity contribution is -0.128. The van der Waals surface area contributed by atoms with E-state index in [1.54, 1.807) is 13.2 Å². The van der Waals surface area contributed by atoms with Crippen LogP contribution in [0.4, 0.5) is 0 Å². The molecule has 1 heterocycles. The number of ether oxygens (including phenoxy) is 2. The molecule has 0 radical (unpaired) electrons. The van der Waals surface area contributed by atoms with Crippen molar-refractivity contribution in [3.63, 3.8) is 0 Å². The number of hydrogen-bond acceptors (Lipinski definition) is 3. The number of carbonyl (C=O) groups is 1. The van der Waals surface area contributed by atoms with Crippen molar-refractivity contribution in [1.29, 1.82) is 0 Å². The molecule has 0 spiro atoms. The van der Waals surface area contributed by atoms with Gasteiger partial charge in [0.05, 0.1) is 7.11 Å². The fourth-order valence-corrected chi connectivity index (χ4v) is 3.14. The highest BCUT2D eigenvalue weighted by Gasteiger charge is 2.21. The molecule has 0 saturated heterocycles. The molecule has 0 aliphatic carbocycles. The predicted octanol–water partition coefficient (Wildman–Crippen LogP) is 4.51. The first-order valence-corrected chi connectivity index (χ1v) is 7.78. The van der Waals surface area contributed by atoms with Crippen LogP contribution in [-0.2, 0) is 4.79 Å². The van der Waals surface area contributed by atoms with Gasteiger partial charge in [-0.3, -0.25) is 0 Å². The van der Waals surface area contributed by atoms with Gasteiger partial charge in [0, 0.05) is 16.8 Å². The van der Waals surface area contributed by atoms with Gasteiger partial charge in [-0.05, 0) is 41.8 Å². The molecule has 4 rings (SSSR count). The van der Waals surface area contributed by atoms with Gasteiger partial charge in [-0.1, -0.05) is 42.0 Å². The zero-order valence-corrected chi connectivity index (χ0v) is 13.5. The van der Waals surface area contributed by atoms with Gasteiger partial charge in [-0.25, -0.2) is 4.79 Å². The minimum Gasteiger partial charge on any atom is -0.496 e. The summed E-state index contributed by atoms with van der Waals surface area (Å²) in [6.45, 7) is 2.04. The third-order valence-corrected chi connectivity index (χ3v) is 4.31. The summed E-state index contributed by atoms with van der Waals surface area (Å²) in [5, 5.41) is 1.83. The second-order valence-electron chi connectivity index (χ2n) is 5.84. The van der Waals surface area contributed by atoms with E-state index in [0.717, 1.165) is 33.2 Å². The number of benzene rings is 3. The molecular formula is C21H16O3. The zero-order valence-electron chi connectivity index (χ0n) is 13.5. The van der Waals surface area contributed by atoms with Gasteiger partial charge in [0.2, 0.25) is 0 Å². The Labute approximate surface area is 140 Å². The number of carbonyl (C=O) groups excluding carboxylic acids is 1. The molecule has 0 amide bonds. The zero-order chi connectivity index (χ0) is 16.7. The molecule has 118 valence electrons. The van der Waals surface area contributed by atoms with E-state index in [2.05, 4.69) is 0 Å². The van der Waals surface area contributed by atoms with E-state index >= 15 is 0 Å². The van der Waals surface area contributed by atoms with E-state index in [1.165, 1.54) is 5.56 Å². The molecule has 3 nitrogen and oxygen atoms in total. The Morgan fingerprint density at radius 2 is 1.75 bits per heavy atom. The number of esters is 1. The summed E-state index contributed by atoms with van der Waals surface area (Å²) < 4.78 is 11.0. The second kappa shape index (κ2) is 5.53. The van der Waals surface area contributed by atoms with Crippen LogP contribution >= 0.6 is 0 Å². The molecule has 0 fully saturated rings. The summed E-state index contributed by atoms with van der Waals surface area (Å²) in [6.07, 6.45) is 1.56. The fourth-order valence-electron chi connectivity index (χ4n) is 3.14. The summed E-state index contributed by atoms with van der Waals surface area (Å²) >= 11 is 0. The van der Waals surface area contributed by atoms with Crippen LogP contribution in [0.25, 0.3) is 16.3 Å². The first-order chi connectivity index (χ1) is 11.7. The van der Waals surface area contributed by atoms with E-state index in [1.807, 2.05) is 61.5 Å². The molecule has 0 aromatic heterocycles. The molecule has 0 atom stereocenters. The number of aryl methyl sites for hydroxylation is 1. The lowest BCUT2D eigenvalue weighted by atomic mass is 9.92. The Hall–Kier alpha value is -3.07. The second-order valence-corrected chi connectivity index (χ2v) is 5.84. The Balaban J connectivity index is 2.05. The van der Waals surface area contributed by atoms with Crippen LogP contribution in [0.3, 0.4) is 0 Å². The molecule has 1 aliphatic rings. The van der Waals surface area contributed by atoms with Crippen molar-refractivity contribution in [3.8, 4) is 11.5 Å². The molecule has 3 aromatic rings. The SMILES string of the molecule is COc1ccc2c3c(cccc13)OC(=O)C=C2c1ccc(C)cc1. The minimum atomic E-state index is -0.367. The summed E-state index contributed by atoms with van der Waals surface area (Å²) in [5.74, 6) is 0.954. The average Bonchev–Trinajstić information content (AvgIpc) is 2.74. The minimum absolute atomic E-state index is 0.367. The van der Waals surface area contributed by atoms with Crippen LogP contribution in [0.1, 0.15) is 16.7 Å². The average molecular weight is 316 g/mol. The molecular weight excluding hydrogens is 300 g/mol. The number of methoxy groups -OCH3 is 1. The van der Waals surface area contributed by atoms with Crippen LogP contribution in [0.2, 0.25) is 0 Å². The van der Waals surface area contributed by atoms with Gasteiger partial charge in [0.15, 0.2) is 0 Å². The van der Waals surface area contributed by atoms with Gasteiger partial charge in [-0.2, -0.15) is 0 Å². The Kier molecular flexibility index (Phi) is 3.35. The normalized spacial score (nSPS) is 13.2. The highest BCUT2D eigenvalue weighted by Crippen LogP contribution is 2.41. The number of rotatable bonds is 2. The maximum atomic E-state index is 12.3. The van der Waals surface area contributed by atoms with Gasteiger partial charge >= 0.3 is 5.97 Å². The quantitative estimate of drug-likeness (QED) is 0.515. The molecule has 0 saturated carbocycles. The van der Waals surface area contributed by atoms with Gasteiger partial charge in [0.25, 0.3) is 0 Å². The van der Waals surface area contributed by atoms with Crippen molar-refractivity contribution in [2.24, 2.45) is 0 Å². The van der Waals surface area contributed by atoms with Crippen LogP contribution in [0.5, 0.6) is 11.5 Å². The summed E-state index contributed by atoms with van der Waals surface area (Å²) in [6, 6.07) is 17.7. The third kappa shape index (κ3) is 2.26. The van der Waals surface area contributed by atoms with E-state index in [4.69, 9.17) is 9.47 Å². The molecule has 3 heteroatoms. The Bertz CT molecular complexity index is 982. The summed E-state index contributed by atoms with van der Waals surface area (Å²) in [5.41, 5.74) is 3.99. The molecule has 24 heavy (non-hydrogen) atoms. The standard InChI is InChI=1S/C21H16O3/c1-13-6-8-14(9-7-13)17-12-20(22)24-19-5-3-4-16-18(23-2)11-10-15(17)21(16)19/h3-12H,1-2H3. The Morgan fingerprint density at radius 3 is 2.50 bits per heavy atom. The van der Waals surface area contributed by atoms with E-state index < -0.39 is 0 Å².